The highest BCUT2D eigenvalue weighted by Crippen LogP contribution is 2.33. The minimum atomic E-state index is 0.446. The van der Waals surface area contributed by atoms with E-state index in [9.17, 15) is 0 Å². The number of hydrogen-bond donors (Lipinski definition) is 0. The van der Waals surface area contributed by atoms with Gasteiger partial charge in [0.1, 0.15) is 11.6 Å². The quantitative estimate of drug-likeness (QED) is 0.774. The highest BCUT2D eigenvalue weighted by molar-refractivity contribution is 5.61. The molecule has 128 valence electrons. The predicted octanol–water partition coefficient (Wildman–Crippen LogP) is 5.00. The molecule has 0 saturated carbocycles. The molecule has 1 heterocycles. The van der Waals surface area contributed by atoms with Crippen molar-refractivity contribution in [3.63, 3.8) is 0 Å². The number of hydrogen-bond acceptors (Lipinski definition) is 2. The largest absolute Gasteiger partial charge is 0.496 e. The zero-order valence-electron chi connectivity index (χ0n) is 15.3. The van der Waals surface area contributed by atoms with E-state index in [2.05, 4.69) is 54.7 Å². The predicted molar refractivity (Wildman–Crippen MR) is 99.6 cm³/mol. The summed E-state index contributed by atoms with van der Waals surface area (Å²) < 4.78 is 7.82. The minimum Gasteiger partial charge on any atom is -0.496 e. The molecule has 1 aliphatic rings. The van der Waals surface area contributed by atoms with Gasteiger partial charge in [0.05, 0.1) is 7.11 Å². The summed E-state index contributed by atoms with van der Waals surface area (Å²) in [5.41, 5.74) is 5.60. The lowest BCUT2D eigenvalue weighted by atomic mass is 9.87. The Kier molecular flexibility index (Phi) is 5.08. The van der Waals surface area contributed by atoms with Gasteiger partial charge in [0.15, 0.2) is 0 Å². The molecule has 0 fully saturated rings. The van der Waals surface area contributed by atoms with Crippen LogP contribution in [0.3, 0.4) is 0 Å². The van der Waals surface area contributed by atoms with Crippen molar-refractivity contribution in [1.29, 1.82) is 0 Å². The number of aromatic nitrogens is 2. The van der Waals surface area contributed by atoms with Crippen LogP contribution in [0.2, 0.25) is 0 Å². The van der Waals surface area contributed by atoms with Crippen molar-refractivity contribution in [1.82, 2.24) is 9.55 Å². The number of nitrogens with zero attached hydrogens (tertiary/aromatic N) is 2. The van der Waals surface area contributed by atoms with Gasteiger partial charge in [-0.15, -0.1) is 0 Å². The lowest BCUT2D eigenvalue weighted by Crippen LogP contribution is -2.08. The van der Waals surface area contributed by atoms with Gasteiger partial charge >= 0.3 is 0 Å². The number of rotatable bonds is 5. The maximum absolute atomic E-state index is 5.57. The van der Waals surface area contributed by atoms with Crippen LogP contribution in [0.4, 0.5) is 0 Å². The molecule has 0 aliphatic heterocycles. The maximum Gasteiger partial charge on any atom is 0.122 e. The summed E-state index contributed by atoms with van der Waals surface area (Å²) in [4.78, 5) is 4.49. The second-order valence-corrected chi connectivity index (χ2v) is 7.08. The monoisotopic (exact) mass is 324 g/mol. The van der Waals surface area contributed by atoms with Gasteiger partial charge in [0.2, 0.25) is 0 Å². The SMILES string of the molecule is COc1ccc(/C=C(\C)Cn2ccnc2C(C)C)c2c1CCCC2. The zero-order valence-corrected chi connectivity index (χ0v) is 15.3. The normalized spacial score (nSPS) is 14.8. The Bertz CT molecular complexity index is 740. The third kappa shape index (κ3) is 3.40. The molecule has 0 radical (unpaired) electrons. The Labute approximate surface area is 145 Å². The van der Waals surface area contributed by atoms with E-state index in [0.29, 0.717) is 5.92 Å². The smallest absolute Gasteiger partial charge is 0.122 e. The Balaban J connectivity index is 1.89. The standard InChI is InChI=1S/C21H28N2O/c1-15(2)21-22-11-12-23(21)14-16(3)13-17-9-10-20(24-4)19-8-6-5-7-18(17)19/h9-13,15H,5-8,14H2,1-4H3/b16-13+. The van der Waals surface area contributed by atoms with Gasteiger partial charge in [0.25, 0.3) is 0 Å². The molecule has 2 aromatic rings. The van der Waals surface area contributed by atoms with E-state index < -0.39 is 0 Å². The Morgan fingerprint density at radius 2 is 2.00 bits per heavy atom. The molecular weight excluding hydrogens is 296 g/mol. The third-order valence-corrected chi connectivity index (χ3v) is 4.83. The molecule has 0 unspecified atom stereocenters. The van der Waals surface area contributed by atoms with Gasteiger partial charge in [-0.1, -0.05) is 31.6 Å². The highest BCUT2D eigenvalue weighted by atomic mass is 16.5. The molecule has 0 atom stereocenters. The van der Waals surface area contributed by atoms with Crippen molar-refractivity contribution in [2.24, 2.45) is 0 Å². The van der Waals surface area contributed by atoms with Crippen molar-refractivity contribution in [3.8, 4) is 5.75 Å². The van der Waals surface area contributed by atoms with E-state index >= 15 is 0 Å². The minimum absolute atomic E-state index is 0.446. The summed E-state index contributed by atoms with van der Waals surface area (Å²) in [7, 11) is 1.78. The fourth-order valence-corrected chi connectivity index (χ4v) is 3.72. The van der Waals surface area contributed by atoms with Crippen molar-refractivity contribution in [2.45, 2.75) is 58.9 Å². The van der Waals surface area contributed by atoms with Crippen LogP contribution in [0.15, 0.2) is 30.1 Å². The summed E-state index contributed by atoms with van der Waals surface area (Å²) in [6.45, 7) is 7.49. The number of methoxy groups -OCH3 is 1. The van der Waals surface area contributed by atoms with Gasteiger partial charge in [0, 0.05) is 24.9 Å². The van der Waals surface area contributed by atoms with E-state index in [1.54, 1.807) is 7.11 Å². The molecule has 3 heteroatoms. The number of fused-ring (bicyclic) bond motifs is 1. The molecule has 0 spiro atoms. The van der Waals surface area contributed by atoms with Crippen molar-refractivity contribution in [2.75, 3.05) is 7.11 Å². The van der Waals surface area contributed by atoms with Crippen LogP contribution < -0.4 is 4.74 Å². The molecule has 0 N–H and O–H groups in total. The summed E-state index contributed by atoms with van der Waals surface area (Å²) in [6, 6.07) is 4.34. The van der Waals surface area contributed by atoms with Gasteiger partial charge in [-0.2, -0.15) is 0 Å². The Hall–Kier alpha value is -2.03. The molecule has 0 bridgehead atoms. The highest BCUT2D eigenvalue weighted by Gasteiger charge is 2.17. The van der Waals surface area contributed by atoms with E-state index in [1.165, 1.54) is 35.1 Å². The van der Waals surface area contributed by atoms with E-state index in [-0.39, 0.29) is 0 Å². The number of ether oxygens (including phenoxy) is 1. The third-order valence-electron chi connectivity index (χ3n) is 4.83. The van der Waals surface area contributed by atoms with Gasteiger partial charge in [-0.05, 0) is 55.4 Å². The van der Waals surface area contributed by atoms with E-state index in [0.717, 1.165) is 31.0 Å². The molecule has 0 saturated heterocycles. The molecule has 3 rings (SSSR count). The zero-order chi connectivity index (χ0) is 17.1. The van der Waals surface area contributed by atoms with Gasteiger partial charge in [-0.3, -0.25) is 0 Å². The van der Waals surface area contributed by atoms with Crippen LogP contribution in [-0.4, -0.2) is 16.7 Å². The van der Waals surface area contributed by atoms with Crippen molar-refractivity contribution in [3.05, 3.63) is 52.6 Å². The summed E-state index contributed by atoms with van der Waals surface area (Å²) in [6.07, 6.45) is 11.2. The van der Waals surface area contributed by atoms with E-state index in [4.69, 9.17) is 4.74 Å². The maximum atomic E-state index is 5.57. The molecule has 1 aromatic carbocycles. The van der Waals surface area contributed by atoms with Gasteiger partial charge < -0.3 is 9.30 Å². The van der Waals surface area contributed by atoms with Crippen molar-refractivity contribution < 1.29 is 4.74 Å². The first-order valence-electron chi connectivity index (χ1n) is 8.97. The molecule has 0 amide bonds. The second-order valence-electron chi connectivity index (χ2n) is 7.08. The molecule has 1 aliphatic carbocycles. The lowest BCUT2D eigenvalue weighted by molar-refractivity contribution is 0.406. The summed E-state index contributed by atoms with van der Waals surface area (Å²) in [5, 5.41) is 0. The Morgan fingerprint density at radius 1 is 1.25 bits per heavy atom. The van der Waals surface area contributed by atoms with Crippen LogP contribution >= 0.6 is 0 Å². The summed E-state index contributed by atoms with van der Waals surface area (Å²) in [5.74, 6) is 2.65. The molecule has 1 aromatic heterocycles. The average Bonchev–Trinajstić information content (AvgIpc) is 3.03. The number of benzene rings is 1. The number of imidazole rings is 1. The molecule has 3 nitrogen and oxygen atoms in total. The molecule has 24 heavy (non-hydrogen) atoms. The summed E-state index contributed by atoms with van der Waals surface area (Å²) >= 11 is 0. The van der Waals surface area contributed by atoms with Crippen molar-refractivity contribution >= 4 is 6.08 Å². The first-order chi connectivity index (χ1) is 11.6. The first kappa shape index (κ1) is 16.8. The Morgan fingerprint density at radius 3 is 2.71 bits per heavy atom. The average molecular weight is 324 g/mol. The van der Waals surface area contributed by atoms with Crippen LogP contribution in [0.5, 0.6) is 5.75 Å². The van der Waals surface area contributed by atoms with Crippen LogP contribution in [0.25, 0.3) is 6.08 Å². The number of allylic oxidation sites excluding steroid dienone is 1. The van der Waals surface area contributed by atoms with Crippen LogP contribution in [0, 0.1) is 0 Å². The first-order valence-corrected chi connectivity index (χ1v) is 8.97. The lowest BCUT2D eigenvalue weighted by Gasteiger charge is -2.21. The van der Waals surface area contributed by atoms with E-state index in [1.807, 2.05) is 6.20 Å². The van der Waals surface area contributed by atoms with Gasteiger partial charge in [-0.25, -0.2) is 4.98 Å². The molecular formula is C21H28N2O. The fraction of sp³-hybridized carbons (Fsp3) is 0.476. The van der Waals surface area contributed by atoms with Crippen LogP contribution in [0.1, 0.15) is 62.0 Å². The topological polar surface area (TPSA) is 27.1 Å². The fourth-order valence-electron chi connectivity index (χ4n) is 3.72. The van der Waals surface area contributed by atoms with Crippen LogP contribution in [-0.2, 0) is 19.4 Å². The second kappa shape index (κ2) is 7.25.